The van der Waals surface area contributed by atoms with Crippen LogP contribution in [0.1, 0.15) is 37.6 Å². The topological polar surface area (TPSA) is 55.3 Å². The van der Waals surface area contributed by atoms with E-state index in [1.54, 1.807) is 13.8 Å². The second kappa shape index (κ2) is 8.75. The van der Waals surface area contributed by atoms with Crippen LogP contribution in [0.5, 0.6) is 0 Å². The van der Waals surface area contributed by atoms with Crippen molar-refractivity contribution in [2.75, 3.05) is 24.6 Å². The molecule has 0 aliphatic carbocycles. The van der Waals surface area contributed by atoms with E-state index in [9.17, 15) is 26.7 Å². The zero-order valence-electron chi connectivity index (χ0n) is 15.5. The number of carbonyl (C=O) groups excluding carboxylic acids is 1. The fourth-order valence-electron chi connectivity index (χ4n) is 2.98. The minimum absolute atomic E-state index is 0.112. The molecule has 11 heteroatoms. The Morgan fingerprint density at radius 2 is 1.82 bits per heavy atom. The van der Waals surface area contributed by atoms with Crippen molar-refractivity contribution in [3.05, 3.63) is 16.5 Å². The van der Waals surface area contributed by atoms with E-state index >= 15 is 0 Å². The van der Waals surface area contributed by atoms with Gasteiger partial charge >= 0.3 is 18.1 Å². The van der Waals surface area contributed by atoms with E-state index in [0.717, 1.165) is 0 Å². The molecule has 158 valence electrons. The number of piperidine rings is 1. The van der Waals surface area contributed by atoms with Crippen LogP contribution >= 0.6 is 11.6 Å². The summed E-state index contributed by atoms with van der Waals surface area (Å²) in [7, 11) is 0. The Bertz CT molecular complexity index is 707. The molecule has 5 nitrogen and oxygen atoms in total. The van der Waals surface area contributed by atoms with E-state index in [-0.39, 0.29) is 22.7 Å². The average molecular weight is 430 g/mol. The molecular weight excluding hydrogens is 409 g/mol. The molecule has 0 unspecified atom stereocenters. The Kier molecular flexibility index (Phi) is 7.06. The Labute approximate surface area is 164 Å². The van der Waals surface area contributed by atoms with Crippen molar-refractivity contribution in [3.63, 3.8) is 0 Å². The molecule has 1 aromatic heterocycles. The van der Waals surface area contributed by atoms with Gasteiger partial charge in [-0.1, -0.05) is 11.6 Å². The minimum Gasteiger partial charge on any atom is -0.466 e. The van der Waals surface area contributed by atoms with E-state index in [1.807, 2.05) is 4.90 Å². The van der Waals surface area contributed by atoms with E-state index in [1.165, 1.54) is 0 Å². The summed E-state index contributed by atoms with van der Waals surface area (Å²) in [6.07, 6.45) is -6.72. The summed E-state index contributed by atoms with van der Waals surface area (Å²) in [6.45, 7) is 4.56. The molecule has 1 saturated heterocycles. The highest BCUT2D eigenvalue weighted by Gasteiger charge is 2.56. The normalized spacial score (nSPS) is 16.4. The molecule has 28 heavy (non-hydrogen) atoms. The van der Waals surface area contributed by atoms with Crippen molar-refractivity contribution in [3.8, 4) is 0 Å². The largest absolute Gasteiger partial charge is 0.466 e. The van der Waals surface area contributed by atoms with Crippen molar-refractivity contribution in [1.29, 1.82) is 0 Å². The van der Waals surface area contributed by atoms with E-state index in [2.05, 4.69) is 9.97 Å². The summed E-state index contributed by atoms with van der Waals surface area (Å²) >= 11 is 5.90. The zero-order valence-corrected chi connectivity index (χ0v) is 16.2. The van der Waals surface area contributed by atoms with Crippen LogP contribution in [-0.2, 0) is 16.0 Å². The Morgan fingerprint density at radius 3 is 2.36 bits per heavy atom. The molecule has 0 amide bonds. The highest BCUT2D eigenvalue weighted by molar-refractivity contribution is 6.30. The van der Waals surface area contributed by atoms with E-state index in [4.69, 9.17) is 16.3 Å². The summed E-state index contributed by atoms with van der Waals surface area (Å²) in [4.78, 5) is 21.9. The molecule has 0 N–H and O–H groups in total. The predicted octanol–water partition coefficient (Wildman–Crippen LogP) is 4.35. The SMILES string of the molecule is CCOC(=O)C1CCN(c2nc(CCC(F)(F)C(F)(F)F)c(Cl)nc2C)CC1. The van der Waals surface area contributed by atoms with Gasteiger partial charge in [0.05, 0.1) is 23.9 Å². The minimum atomic E-state index is -5.63. The summed E-state index contributed by atoms with van der Waals surface area (Å²) < 4.78 is 68.5. The maximum atomic E-state index is 13.2. The average Bonchev–Trinajstić information content (AvgIpc) is 2.60. The highest BCUT2D eigenvalue weighted by Crippen LogP contribution is 2.39. The molecule has 0 saturated carbocycles. The number of rotatable bonds is 6. The van der Waals surface area contributed by atoms with Crippen LogP contribution in [0.2, 0.25) is 5.15 Å². The number of aryl methyl sites for hydroxylation is 2. The molecule has 1 aliphatic rings. The van der Waals surface area contributed by atoms with Crippen LogP contribution < -0.4 is 4.90 Å². The summed E-state index contributed by atoms with van der Waals surface area (Å²) in [6, 6.07) is 0. The molecule has 0 atom stereocenters. The summed E-state index contributed by atoms with van der Waals surface area (Å²) in [5.74, 6) is -4.96. The van der Waals surface area contributed by atoms with Gasteiger partial charge in [0.15, 0.2) is 5.15 Å². The number of hydrogen-bond acceptors (Lipinski definition) is 5. The molecule has 0 spiro atoms. The van der Waals surface area contributed by atoms with E-state index < -0.39 is 24.9 Å². The molecule has 0 bridgehead atoms. The number of halogens is 6. The summed E-state index contributed by atoms with van der Waals surface area (Å²) in [5.41, 5.74) is 0.324. The lowest BCUT2D eigenvalue weighted by molar-refractivity contribution is -0.284. The molecule has 2 heterocycles. The first kappa shape index (κ1) is 22.6. The number of esters is 1. The number of carbonyl (C=O) groups is 1. The number of hydrogen-bond donors (Lipinski definition) is 0. The first-order valence-electron chi connectivity index (χ1n) is 8.85. The molecule has 1 fully saturated rings. The van der Waals surface area contributed by atoms with Gasteiger partial charge in [-0.25, -0.2) is 9.97 Å². The van der Waals surface area contributed by atoms with Gasteiger partial charge in [0.1, 0.15) is 5.82 Å². The van der Waals surface area contributed by atoms with Gasteiger partial charge in [0.25, 0.3) is 0 Å². The fraction of sp³-hybridized carbons (Fsp3) is 0.706. The van der Waals surface area contributed by atoms with Gasteiger partial charge in [-0.2, -0.15) is 22.0 Å². The summed E-state index contributed by atoms with van der Waals surface area (Å²) in [5, 5.41) is -0.194. The van der Waals surface area contributed by atoms with Gasteiger partial charge in [0, 0.05) is 19.5 Å². The van der Waals surface area contributed by atoms with Crippen molar-refractivity contribution in [2.45, 2.75) is 51.6 Å². The van der Waals surface area contributed by atoms with Crippen molar-refractivity contribution in [2.24, 2.45) is 5.92 Å². The van der Waals surface area contributed by atoms with Crippen LogP contribution in [0.15, 0.2) is 0 Å². The first-order chi connectivity index (χ1) is 13.0. The number of aromatic nitrogens is 2. The Balaban J connectivity index is 2.11. The zero-order chi connectivity index (χ0) is 21.1. The Morgan fingerprint density at radius 1 is 1.21 bits per heavy atom. The van der Waals surface area contributed by atoms with Gasteiger partial charge in [-0.15, -0.1) is 0 Å². The predicted molar refractivity (Wildman–Crippen MR) is 92.7 cm³/mol. The third kappa shape index (κ3) is 5.21. The van der Waals surface area contributed by atoms with Crippen LogP contribution in [-0.4, -0.2) is 47.7 Å². The third-order valence-electron chi connectivity index (χ3n) is 4.57. The van der Waals surface area contributed by atoms with Gasteiger partial charge in [-0.3, -0.25) is 4.79 Å². The number of nitrogens with zero attached hydrogens (tertiary/aromatic N) is 3. The molecular formula is C17H21ClF5N3O2. The molecule has 1 aromatic rings. The quantitative estimate of drug-likeness (QED) is 0.497. The molecule has 1 aliphatic heterocycles. The standard InChI is InChI=1S/C17H21ClF5N3O2/c1-3-28-15(27)11-5-8-26(9-6-11)14-10(2)24-13(18)12(25-14)4-7-16(19,20)17(21,22)23/h11H,3-9H2,1-2H3. The van der Waals surface area contributed by atoms with Crippen LogP contribution in [0, 0.1) is 12.8 Å². The number of alkyl halides is 5. The van der Waals surface area contributed by atoms with Crippen molar-refractivity contribution >= 4 is 23.4 Å². The maximum absolute atomic E-state index is 13.2. The first-order valence-corrected chi connectivity index (χ1v) is 9.23. The highest BCUT2D eigenvalue weighted by atomic mass is 35.5. The fourth-order valence-corrected chi connectivity index (χ4v) is 3.24. The molecule has 2 rings (SSSR count). The molecule has 0 radical (unpaired) electrons. The monoisotopic (exact) mass is 429 g/mol. The lowest BCUT2D eigenvalue weighted by atomic mass is 9.97. The number of ether oxygens (including phenoxy) is 1. The van der Waals surface area contributed by atoms with E-state index in [0.29, 0.717) is 44.0 Å². The van der Waals surface area contributed by atoms with Crippen LogP contribution in [0.25, 0.3) is 0 Å². The number of anilines is 1. The second-order valence-electron chi connectivity index (χ2n) is 6.59. The maximum Gasteiger partial charge on any atom is 0.453 e. The second-order valence-corrected chi connectivity index (χ2v) is 6.94. The van der Waals surface area contributed by atoms with Crippen LogP contribution in [0.3, 0.4) is 0 Å². The van der Waals surface area contributed by atoms with Crippen molar-refractivity contribution in [1.82, 2.24) is 9.97 Å². The smallest absolute Gasteiger partial charge is 0.453 e. The van der Waals surface area contributed by atoms with Gasteiger partial charge in [-0.05, 0) is 33.1 Å². The van der Waals surface area contributed by atoms with Gasteiger partial charge in [0.2, 0.25) is 0 Å². The third-order valence-corrected chi connectivity index (χ3v) is 4.88. The van der Waals surface area contributed by atoms with Gasteiger partial charge < -0.3 is 9.64 Å². The lowest BCUT2D eigenvalue weighted by Gasteiger charge is -2.32. The lowest BCUT2D eigenvalue weighted by Crippen LogP contribution is -2.38. The Hall–Kier alpha value is -1.71. The van der Waals surface area contributed by atoms with Crippen molar-refractivity contribution < 1.29 is 31.5 Å². The van der Waals surface area contributed by atoms with Crippen LogP contribution in [0.4, 0.5) is 27.8 Å². The molecule has 0 aromatic carbocycles.